The molecule has 0 spiro atoms. The Labute approximate surface area is 197 Å². The smallest absolute Gasteiger partial charge is 0.235 e. The topological polar surface area (TPSA) is 54.5 Å². The molecule has 33 heavy (non-hydrogen) atoms. The summed E-state index contributed by atoms with van der Waals surface area (Å²) in [5, 5.41) is 0. The first-order valence-electron chi connectivity index (χ1n) is 11.5. The van der Waals surface area contributed by atoms with Gasteiger partial charge in [0.05, 0.1) is 17.4 Å². The van der Waals surface area contributed by atoms with Crippen LogP contribution in [0.2, 0.25) is 0 Å². The first-order valence-corrected chi connectivity index (χ1v) is 13.4. The first-order chi connectivity index (χ1) is 15.8. The molecule has 0 bridgehead atoms. The molecule has 0 aromatic heterocycles. The maximum atomic E-state index is 14.2. The van der Waals surface area contributed by atoms with Crippen LogP contribution in [0.4, 0.5) is 0 Å². The molecule has 4 nitrogen and oxygen atoms in total. The number of amides is 1. The van der Waals surface area contributed by atoms with E-state index in [1.54, 1.807) is 4.90 Å². The third kappa shape index (κ3) is 5.53. The van der Waals surface area contributed by atoms with Crippen molar-refractivity contribution >= 4 is 15.7 Å². The fraction of sp³-hybridized carbons (Fsp3) is 0.321. The van der Waals surface area contributed by atoms with Crippen molar-refractivity contribution in [3.05, 3.63) is 107 Å². The number of hydrogen-bond acceptors (Lipinski definition) is 3. The molecule has 1 fully saturated rings. The van der Waals surface area contributed by atoms with Crippen LogP contribution in [-0.4, -0.2) is 36.8 Å². The molecule has 0 N–H and O–H groups in total. The van der Waals surface area contributed by atoms with E-state index in [0.717, 1.165) is 16.7 Å². The number of sulfone groups is 1. The number of carbonyl (C=O) groups is 1. The van der Waals surface area contributed by atoms with Crippen molar-refractivity contribution < 1.29 is 13.2 Å². The number of benzene rings is 3. The third-order valence-electron chi connectivity index (χ3n) is 6.44. The second-order valence-corrected chi connectivity index (χ2v) is 11.4. The first kappa shape index (κ1) is 23.2. The van der Waals surface area contributed by atoms with Crippen LogP contribution >= 0.6 is 0 Å². The standard InChI is InChI=1S/C28H31NO3S/c1-21(2)23-15-13-22(14-16-23)19-29(26-17-18-33(31,32)20-26)28(30)27(24-9-5-3-6-10-24)25-11-7-4-8-12-25/h3-16,21,26-27H,17-20H2,1-2H3. The minimum Gasteiger partial charge on any atom is -0.334 e. The van der Waals surface area contributed by atoms with E-state index in [9.17, 15) is 13.2 Å². The Morgan fingerprint density at radius 2 is 1.39 bits per heavy atom. The summed E-state index contributed by atoms with van der Waals surface area (Å²) < 4.78 is 24.6. The van der Waals surface area contributed by atoms with E-state index in [1.807, 2.05) is 60.7 Å². The van der Waals surface area contributed by atoms with Gasteiger partial charge in [0.2, 0.25) is 5.91 Å². The fourth-order valence-corrected chi connectivity index (χ4v) is 6.28. The maximum Gasteiger partial charge on any atom is 0.235 e. The van der Waals surface area contributed by atoms with Gasteiger partial charge >= 0.3 is 0 Å². The van der Waals surface area contributed by atoms with Crippen molar-refractivity contribution in [1.29, 1.82) is 0 Å². The summed E-state index contributed by atoms with van der Waals surface area (Å²) >= 11 is 0. The fourth-order valence-electron chi connectivity index (χ4n) is 4.55. The zero-order valence-corrected chi connectivity index (χ0v) is 20.0. The molecule has 1 aliphatic heterocycles. The highest BCUT2D eigenvalue weighted by molar-refractivity contribution is 7.91. The van der Waals surface area contributed by atoms with E-state index in [2.05, 4.69) is 38.1 Å². The van der Waals surface area contributed by atoms with Gasteiger partial charge in [-0.15, -0.1) is 0 Å². The van der Waals surface area contributed by atoms with Crippen LogP contribution in [0.1, 0.15) is 54.4 Å². The van der Waals surface area contributed by atoms with Gasteiger partial charge in [0.1, 0.15) is 0 Å². The molecule has 0 aliphatic carbocycles. The van der Waals surface area contributed by atoms with Crippen LogP contribution in [0.15, 0.2) is 84.9 Å². The highest BCUT2D eigenvalue weighted by Gasteiger charge is 2.38. The molecule has 1 saturated heterocycles. The molecule has 4 rings (SSSR count). The Morgan fingerprint density at radius 3 is 1.85 bits per heavy atom. The van der Waals surface area contributed by atoms with E-state index in [4.69, 9.17) is 0 Å². The largest absolute Gasteiger partial charge is 0.334 e. The van der Waals surface area contributed by atoms with E-state index in [-0.39, 0.29) is 23.5 Å². The molecule has 3 aromatic rings. The molecular weight excluding hydrogens is 430 g/mol. The zero-order valence-electron chi connectivity index (χ0n) is 19.2. The zero-order chi connectivity index (χ0) is 23.4. The average Bonchev–Trinajstić information content (AvgIpc) is 3.18. The Bertz CT molecular complexity index is 1130. The van der Waals surface area contributed by atoms with Crippen molar-refractivity contribution in [3.63, 3.8) is 0 Å². The monoisotopic (exact) mass is 461 g/mol. The van der Waals surface area contributed by atoms with Gasteiger partial charge in [-0.1, -0.05) is 98.8 Å². The molecule has 1 amide bonds. The molecule has 5 heteroatoms. The van der Waals surface area contributed by atoms with Gasteiger partial charge in [-0.25, -0.2) is 8.42 Å². The van der Waals surface area contributed by atoms with Crippen molar-refractivity contribution in [1.82, 2.24) is 4.90 Å². The van der Waals surface area contributed by atoms with Gasteiger partial charge in [-0.3, -0.25) is 4.79 Å². The summed E-state index contributed by atoms with van der Waals surface area (Å²) in [6.07, 6.45) is 0.481. The summed E-state index contributed by atoms with van der Waals surface area (Å²) in [5.41, 5.74) is 4.08. The lowest BCUT2D eigenvalue weighted by atomic mass is 9.89. The highest BCUT2D eigenvalue weighted by atomic mass is 32.2. The Balaban J connectivity index is 1.72. The predicted octanol–water partition coefficient (Wildman–Crippen LogP) is 5.16. The lowest BCUT2D eigenvalue weighted by Gasteiger charge is -2.32. The van der Waals surface area contributed by atoms with E-state index < -0.39 is 15.8 Å². The second kappa shape index (κ2) is 9.92. The van der Waals surface area contributed by atoms with Crippen LogP contribution in [0.25, 0.3) is 0 Å². The Kier molecular flexibility index (Phi) is 6.99. The van der Waals surface area contributed by atoms with E-state index in [1.165, 1.54) is 5.56 Å². The number of nitrogens with zero attached hydrogens (tertiary/aromatic N) is 1. The lowest BCUT2D eigenvalue weighted by molar-refractivity contribution is -0.134. The summed E-state index contributed by atoms with van der Waals surface area (Å²) in [5.74, 6) is 0.0548. The second-order valence-electron chi connectivity index (χ2n) is 9.17. The van der Waals surface area contributed by atoms with Gasteiger partial charge in [0, 0.05) is 12.6 Å². The minimum absolute atomic E-state index is 0.0269. The molecule has 1 aliphatic rings. The summed E-state index contributed by atoms with van der Waals surface area (Å²) in [7, 11) is -3.13. The predicted molar refractivity (Wildman–Crippen MR) is 133 cm³/mol. The summed E-state index contributed by atoms with van der Waals surface area (Å²) in [4.78, 5) is 16.0. The quantitative estimate of drug-likeness (QED) is 0.488. The highest BCUT2D eigenvalue weighted by Crippen LogP contribution is 2.31. The molecule has 172 valence electrons. The normalized spacial score (nSPS) is 17.4. The Morgan fingerprint density at radius 1 is 0.848 bits per heavy atom. The molecule has 0 saturated carbocycles. The van der Waals surface area contributed by atoms with Gasteiger partial charge < -0.3 is 4.90 Å². The maximum absolute atomic E-state index is 14.2. The van der Waals surface area contributed by atoms with Crippen LogP contribution in [-0.2, 0) is 21.2 Å². The number of hydrogen-bond donors (Lipinski definition) is 0. The van der Waals surface area contributed by atoms with Crippen LogP contribution in [0, 0.1) is 0 Å². The van der Waals surface area contributed by atoms with Gasteiger partial charge in [0.25, 0.3) is 0 Å². The molecule has 1 atom stereocenters. The summed E-state index contributed by atoms with van der Waals surface area (Å²) in [6.45, 7) is 4.70. The van der Waals surface area contributed by atoms with Crippen LogP contribution in [0.3, 0.4) is 0 Å². The van der Waals surface area contributed by atoms with Crippen LogP contribution in [0.5, 0.6) is 0 Å². The number of rotatable bonds is 7. The van der Waals surface area contributed by atoms with Crippen molar-refractivity contribution in [2.24, 2.45) is 0 Å². The lowest BCUT2D eigenvalue weighted by Crippen LogP contribution is -2.43. The molecule has 1 heterocycles. The minimum atomic E-state index is -3.13. The van der Waals surface area contributed by atoms with E-state index >= 15 is 0 Å². The number of carbonyl (C=O) groups excluding carboxylic acids is 1. The average molecular weight is 462 g/mol. The molecule has 1 unspecified atom stereocenters. The van der Waals surface area contributed by atoms with Crippen molar-refractivity contribution in [3.8, 4) is 0 Å². The molecular formula is C28H31NO3S. The van der Waals surface area contributed by atoms with Gasteiger partial charge in [0.15, 0.2) is 9.84 Å². The van der Waals surface area contributed by atoms with Crippen LogP contribution < -0.4 is 0 Å². The van der Waals surface area contributed by atoms with E-state index in [0.29, 0.717) is 18.9 Å². The van der Waals surface area contributed by atoms with Gasteiger partial charge in [-0.05, 0) is 34.6 Å². The Hall–Kier alpha value is -2.92. The third-order valence-corrected chi connectivity index (χ3v) is 8.19. The summed E-state index contributed by atoms with van der Waals surface area (Å²) in [6, 6.07) is 27.5. The van der Waals surface area contributed by atoms with Crippen molar-refractivity contribution in [2.45, 2.75) is 44.7 Å². The molecule has 0 radical (unpaired) electrons. The van der Waals surface area contributed by atoms with Crippen molar-refractivity contribution in [2.75, 3.05) is 11.5 Å². The molecule has 3 aromatic carbocycles. The SMILES string of the molecule is CC(C)c1ccc(CN(C(=O)C(c2ccccc2)c2ccccc2)C2CCS(=O)(=O)C2)cc1. The van der Waals surface area contributed by atoms with Gasteiger partial charge in [-0.2, -0.15) is 0 Å².